The van der Waals surface area contributed by atoms with Gasteiger partial charge in [0, 0.05) is 64.9 Å². The van der Waals surface area contributed by atoms with Gasteiger partial charge in [-0.3, -0.25) is 0 Å². The second kappa shape index (κ2) is 11.5. The molecule has 3 aromatic rings. The normalized spacial score (nSPS) is 21.5. The molecule has 3 aliphatic heterocycles. The van der Waals surface area contributed by atoms with E-state index in [2.05, 4.69) is 52.7 Å². The number of anilines is 3. The molecule has 0 amide bonds. The lowest BCUT2D eigenvalue weighted by atomic mass is 9.83. The van der Waals surface area contributed by atoms with Crippen molar-refractivity contribution in [3.05, 3.63) is 50.8 Å². The maximum Gasteiger partial charge on any atom is 0.320 e. The number of rotatable bonds is 8. The molecule has 2 saturated heterocycles. The Kier molecular flexibility index (Phi) is 7.88. The number of nitrogens with two attached hydrogens (primary N) is 1. The molecule has 2 N–H and O–H groups in total. The fourth-order valence-electron chi connectivity index (χ4n) is 6.85. The fraction of sp³-hybridized carbons (Fsp3) is 0.516. The average Bonchev–Trinajstić information content (AvgIpc) is 3.56. The van der Waals surface area contributed by atoms with E-state index in [1.807, 2.05) is 36.2 Å². The standard InChI is InChI=1S/C31H37N9OS2/c1-5-40(20(2)22-8-6-10-35-26(22)34)28-23(13-33)27(36-29(37-28)41-19-30(3)9-7-11-38(4)16-30)39-17-31(18-39)25-21(12-32)14-42-24(25)15-43-31/h6,8,10,14,20H,5,7,9,11,15-19H2,1-4H3,(H2,34,35)/t20-,30?/m1/s1. The summed E-state index contributed by atoms with van der Waals surface area (Å²) in [5.74, 6) is 2.46. The maximum atomic E-state index is 10.6. The first-order valence-corrected chi connectivity index (χ1v) is 16.6. The van der Waals surface area contributed by atoms with E-state index in [4.69, 9.17) is 20.4 Å². The van der Waals surface area contributed by atoms with E-state index in [0.29, 0.717) is 49.3 Å². The number of nitriles is 2. The third-order valence-electron chi connectivity index (χ3n) is 9.00. The van der Waals surface area contributed by atoms with E-state index in [0.717, 1.165) is 48.4 Å². The smallest absolute Gasteiger partial charge is 0.320 e. The number of hydrogen-bond acceptors (Lipinski definition) is 12. The number of thiophene rings is 1. The van der Waals surface area contributed by atoms with Gasteiger partial charge in [0.05, 0.1) is 23.0 Å². The zero-order valence-electron chi connectivity index (χ0n) is 25.1. The summed E-state index contributed by atoms with van der Waals surface area (Å²) in [4.78, 5) is 21.9. The van der Waals surface area contributed by atoms with Crippen LogP contribution in [0.5, 0.6) is 6.01 Å². The number of thioether (sulfide) groups is 1. The summed E-state index contributed by atoms with van der Waals surface area (Å²) in [5.41, 5.74) is 9.47. The van der Waals surface area contributed by atoms with E-state index >= 15 is 0 Å². The zero-order chi connectivity index (χ0) is 30.4. The van der Waals surface area contributed by atoms with Crippen molar-refractivity contribution in [2.45, 2.75) is 50.2 Å². The van der Waals surface area contributed by atoms with Crippen LogP contribution in [-0.2, 0) is 10.5 Å². The highest BCUT2D eigenvalue weighted by Gasteiger charge is 2.52. The third kappa shape index (κ3) is 5.26. The number of ether oxygens (including phenoxy) is 1. The summed E-state index contributed by atoms with van der Waals surface area (Å²) in [7, 11) is 2.15. The Morgan fingerprint density at radius 2 is 2.05 bits per heavy atom. The van der Waals surface area contributed by atoms with E-state index in [1.165, 1.54) is 4.88 Å². The highest BCUT2D eigenvalue weighted by molar-refractivity contribution is 8.00. The summed E-state index contributed by atoms with van der Waals surface area (Å²) < 4.78 is 6.24. The van der Waals surface area contributed by atoms with Crippen LogP contribution in [0.1, 0.15) is 66.8 Å². The molecule has 0 saturated carbocycles. The van der Waals surface area contributed by atoms with Crippen LogP contribution in [0.4, 0.5) is 17.5 Å². The summed E-state index contributed by atoms with van der Waals surface area (Å²) in [5, 5.41) is 22.3. The van der Waals surface area contributed by atoms with Crippen LogP contribution in [-0.4, -0.2) is 66.2 Å². The molecule has 0 aliphatic carbocycles. The molecule has 6 rings (SSSR count). The van der Waals surface area contributed by atoms with Gasteiger partial charge in [-0.15, -0.1) is 23.1 Å². The first kappa shape index (κ1) is 29.5. The predicted octanol–water partition coefficient (Wildman–Crippen LogP) is 4.92. The monoisotopic (exact) mass is 615 g/mol. The third-order valence-corrected chi connectivity index (χ3v) is 11.6. The number of piperidine rings is 1. The molecule has 1 spiro atoms. The number of nitrogens with zero attached hydrogens (tertiary/aromatic N) is 8. The summed E-state index contributed by atoms with van der Waals surface area (Å²) in [6.07, 6.45) is 3.87. The molecule has 224 valence electrons. The van der Waals surface area contributed by atoms with Crippen molar-refractivity contribution in [2.24, 2.45) is 5.41 Å². The molecule has 0 aromatic carbocycles. The Labute approximate surface area is 261 Å². The molecule has 0 radical (unpaired) electrons. The lowest BCUT2D eigenvalue weighted by molar-refractivity contribution is 0.0659. The summed E-state index contributed by atoms with van der Waals surface area (Å²) in [6.45, 7) is 10.8. The first-order chi connectivity index (χ1) is 20.7. The lowest BCUT2D eigenvalue weighted by Gasteiger charge is -2.49. The van der Waals surface area contributed by atoms with Crippen molar-refractivity contribution >= 4 is 40.6 Å². The van der Waals surface area contributed by atoms with Gasteiger partial charge >= 0.3 is 6.01 Å². The van der Waals surface area contributed by atoms with Crippen molar-refractivity contribution in [1.29, 1.82) is 10.5 Å². The van der Waals surface area contributed by atoms with Gasteiger partial charge in [-0.1, -0.05) is 13.0 Å². The lowest BCUT2D eigenvalue weighted by Crippen LogP contribution is -2.57. The molecule has 2 fully saturated rings. The van der Waals surface area contributed by atoms with E-state index in [9.17, 15) is 10.5 Å². The van der Waals surface area contributed by atoms with E-state index in [1.54, 1.807) is 17.5 Å². The van der Waals surface area contributed by atoms with Gasteiger partial charge in [-0.25, -0.2) is 4.98 Å². The average molecular weight is 616 g/mol. The quantitative estimate of drug-likeness (QED) is 0.370. The van der Waals surface area contributed by atoms with E-state index in [-0.39, 0.29) is 22.2 Å². The molecule has 10 nitrogen and oxygen atoms in total. The molecule has 43 heavy (non-hydrogen) atoms. The van der Waals surface area contributed by atoms with Crippen molar-refractivity contribution in [3.8, 4) is 18.1 Å². The molecule has 6 heterocycles. The van der Waals surface area contributed by atoms with Crippen molar-refractivity contribution in [1.82, 2.24) is 19.9 Å². The molecule has 3 aliphatic rings. The Morgan fingerprint density at radius 3 is 2.74 bits per heavy atom. The molecule has 1 unspecified atom stereocenters. The predicted molar refractivity (Wildman–Crippen MR) is 171 cm³/mol. The minimum absolute atomic E-state index is 0.0170. The van der Waals surface area contributed by atoms with Crippen LogP contribution < -0.4 is 20.3 Å². The first-order valence-electron chi connectivity index (χ1n) is 14.7. The van der Waals surface area contributed by atoms with Crippen molar-refractivity contribution < 1.29 is 4.74 Å². The highest BCUT2D eigenvalue weighted by Crippen LogP contribution is 2.56. The number of nitrogen functional groups attached to an aromatic ring is 1. The van der Waals surface area contributed by atoms with Gasteiger partial charge in [-0.2, -0.15) is 20.5 Å². The van der Waals surface area contributed by atoms with Gasteiger partial charge in [0.15, 0.2) is 11.6 Å². The molecule has 2 atom stereocenters. The Morgan fingerprint density at radius 1 is 1.23 bits per heavy atom. The van der Waals surface area contributed by atoms with Crippen LogP contribution in [0, 0.1) is 28.1 Å². The maximum absolute atomic E-state index is 10.6. The van der Waals surface area contributed by atoms with Crippen LogP contribution in [0.15, 0.2) is 23.7 Å². The number of aromatic nitrogens is 3. The number of fused-ring (bicyclic) bond motifs is 2. The molecule has 12 heteroatoms. The van der Waals surface area contributed by atoms with Gasteiger partial charge in [0.2, 0.25) is 0 Å². The van der Waals surface area contributed by atoms with Gasteiger partial charge in [0.25, 0.3) is 0 Å². The molecule has 0 bridgehead atoms. The molecular formula is C31H37N9OS2. The van der Waals surface area contributed by atoms with Crippen LogP contribution in [0.25, 0.3) is 0 Å². The Hall–Kier alpha value is -3.58. The Balaban J connectivity index is 1.37. The molecule has 3 aromatic heterocycles. The second-order valence-electron chi connectivity index (χ2n) is 12.2. The van der Waals surface area contributed by atoms with Crippen LogP contribution in [0.3, 0.4) is 0 Å². The van der Waals surface area contributed by atoms with Gasteiger partial charge in [-0.05, 0) is 46.3 Å². The minimum Gasteiger partial charge on any atom is -0.463 e. The van der Waals surface area contributed by atoms with Crippen LogP contribution in [0.2, 0.25) is 0 Å². The van der Waals surface area contributed by atoms with Crippen molar-refractivity contribution in [3.63, 3.8) is 0 Å². The summed E-state index contributed by atoms with van der Waals surface area (Å²) in [6, 6.07) is 8.75. The number of pyridine rings is 1. The van der Waals surface area contributed by atoms with Crippen molar-refractivity contribution in [2.75, 3.05) is 61.9 Å². The number of hydrogen-bond donors (Lipinski definition) is 1. The fourth-order valence-corrected chi connectivity index (χ4v) is 9.64. The van der Waals surface area contributed by atoms with Gasteiger partial charge < -0.3 is 25.2 Å². The second-order valence-corrected chi connectivity index (χ2v) is 14.5. The minimum atomic E-state index is -0.189. The molecular weight excluding hydrogens is 579 g/mol. The summed E-state index contributed by atoms with van der Waals surface area (Å²) >= 11 is 3.55. The van der Waals surface area contributed by atoms with Gasteiger partial charge in [0.1, 0.15) is 23.5 Å². The Bertz CT molecular complexity index is 1610. The largest absolute Gasteiger partial charge is 0.463 e. The topological polar surface area (TPSA) is 131 Å². The van der Waals surface area contributed by atoms with E-state index < -0.39 is 0 Å². The highest BCUT2D eigenvalue weighted by atomic mass is 32.2. The zero-order valence-corrected chi connectivity index (χ0v) is 26.8. The SMILES string of the molecule is CCN(c1nc(OCC2(C)CCCN(C)C2)nc(N2CC3(C2)SCc2scc(C#N)c23)c1C#N)[C@H](C)c1cccnc1N. The number of likely N-dealkylation sites (tertiary alicyclic amines) is 1. The van der Waals surface area contributed by atoms with Crippen LogP contribution >= 0.6 is 23.1 Å².